The molecule has 1 aromatic heterocycles. The monoisotopic (exact) mass is 157 g/mol. The minimum absolute atomic E-state index is 0.643. The molecule has 58 valence electrons. The number of nitrogens with zero attached hydrogens (tertiary/aromatic N) is 1. The van der Waals surface area contributed by atoms with Crippen LogP contribution in [0.3, 0.4) is 0 Å². The second-order valence-corrected chi connectivity index (χ2v) is 2.62. The summed E-state index contributed by atoms with van der Waals surface area (Å²) in [6.45, 7) is 0. The molecule has 0 unspecified atom stereocenters. The highest BCUT2D eigenvalue weighted by Crippen LogP contribution is 2.20. The highest BCUT2D eigenvalue weighted by molar-refractivity contribution is 5.91. The van der Waals surface area contributed by atoms with Gasteiger partial charge in [-0.1, -0.05) is 0 Å². The van der Waals surface area contributed by atoms with E-state index in [0.29, 0.717) is 5.56 Å². The Bertz CT molecular complexity index is 462. The predicted octanol–water partition coefficient (Wildman–Crippen LogP) is 1.62. The average Bonchev–Trinajstić information content (AvgIpc) is 2.47. The molecule has 3 N–H and O–H groups in total. The fourth-order valence-electron chi connectivity index (χ4n) is 1.22. The molecule has 0 aliphatic heterocycles. The molecular weight excluding hydrogens is 150 g/mol. The van der Waals surface area contributed by atoms with Gasteiger partial charge in [0.05, 0.1) is 17.3 Å². The summed E-state index contributed by atoms with van der Waals surface area (Å²) in [5, 5.41) is 9.58. The smallest absolute Gasteiger partial charge is 0.0992 e. The summed E-state index contributed by atoms with van der Waals surface area (Å²) in [5.41, 5.74) is 7.92. The second-order valence-electron chi connectivity index (χ2n) is 2.62. The van der Waals surface area contributed by atoms with Crippen LogP contribution in [0.5, 0.6) is 0 Å². The van der Waals surface area contributed by atoms with Crippen molar-refractivity contribution in [2.75, 3.05) is 5.73 Å². The molecular formula is C9H7N3. The van der Waals surface area contributed by atoms with Crippen LogP contribution in [0.2, 0.25) is 0 Å². The van der Waals surface area contributed by atoms with Gasteiger partial charge in [0, 0.05) is 17.1 Å². The molecule has 0 fully saturated rings. The second kappa shape index (κ2) is 2.28. The summed E-state index contributed by atoms with van der Waals surface area (Å²) in [7, 11) is 0. The Morgan fingerprint density at radius 1 is 1.42 bits per heavy atom. The zero-order valence-corrected chi connectivity index (χ0v) is 6.33. The summed E-state index contributed by atoms with van der Waals surface area (Å²) in [4.78, 5) is 2.99. The zero-order chi connectivity index (χ0) is 8.55. The molecule has 2 rings (SSSR count). The van der Waals surface area contributed by atoms with Gasteiger partial charge in [0.15, 0.2) is 0 Å². The van der Waals surface area contributed by atoms with E-state index in [2.05, 4.69) is 11.1 Å². The van der Waals surface area contributed by atoms with E-state index in [-0.39, 0.29) is 0 Å². The Balaban J connectivity index is 2.80. The van der Waals surface area contributed by atoms with Crippen LogP contribution in [0.4, 0.5) is 5.69 Å². The number of aromatic nitrogens is 1. The number of benzene rings is 1. The first-order valence-corrected chi connectivity index (χ1v) is 3.58. The number of nitriles is 1. The minimum Gasteiger partial charge on any atom is -0.397 e. The highest BCUT2D eigenvalue weighted by atomic mass is 14.7. The van der Waals surface area contributed by atoms with Crippen molar-refractivity contribution >= 4 is 16.6 Å². The van der Waals surface area contributed by atoms with Crippen molar-refractivity contribution in [2.24, 2.45) is 0 Å². The van der Waals surface area contributed by atoms with Crippen LogP contribution in [0.25, 0.3) is 10.9 Å². The van der Waals surface area contributed by atoms with Gasteiger partial charge in [-0.25, -0.2) is 0 Å². The Labute approximate surface area is 69.4 Å². The third kappa shape index (κ3) is 0.823. The maximum atomic E-state index is 8.61. The Morgan fingerprint density at radius 3 is 3.00 bits per heavy atom. The molecule has 12 heavy (non-hydrogen) atoms. The summed E-state index contributed by atoms with van der Waals surface area (Å²) in [6.07, 6.45) is 1.73. The van der Waals surface area contributed by atoms with E-state index in [1.165, 1.54) is 0 Å². The van der Waals surface area contributed by atoms with Crippen LogP contribution in [-0.4, -0.2) is 4.98 Å². The van der Waals surface area contributed by atoms with Gasteiger partial charge in [0.2, 0.25) is 0 Å². The first-order valence-electron chi connectivity index (χ1n) is 3.58. The van der Waals surface area contributed by atoms with Gasteiger partial charge in [0.1, 0.15) is 0 Å². The molecule has 3 heteroatoms. The summed E-state index contributed by atoms with van der Waals surface area (Å²) >= 11 is 0. The summed E-state index contributed by atoms with van der Waals surface area (Å²) in [6, 6.07) is 7.45. The van der Waals surface area contributed by atoms with Gasteiger partial charge < -0.3 is 10.7 Å². The molecule has 0 saturated carbocycles. The maximum absolute atomic E-state index is 8.61. The van der Waals surface area contributed by atoms with Crippen molar-refractivity contribution < 1.29 is 0 Å². The van der Waals surface area contributed by atoms with E-state index in [1.54, 1.807) is 18.3 Å². The molecule has 1 heterocycles. The van der Waals surface area contributed by atoms with Crippen LogP contribution in [0, 0.1) is 11.3 Å². The van der Waals surface area contributed by atoms with Gasteiger partial charge in [-0.3, -0.25) is 0 Å². The van der Waals surface area contributed by atoms with Crippen molar-refractivity contribution in [1.82, 2.24) is 4.98 Å². The normalized spacial score (nSPS) is 9.92. The molecule has 0 amide bonds. The van der Waals surface area contributed by atoms with Crippen LogP contribution >= 0.6 is 0 Å². The van der Waals surface area contributed by atoms with Crippen molar-refractivity contribution in [2.45, 2.75) is 0 Å². The summed E-state index contributed by atoms with van der Waals surface area (Å²) < 4.78 is 0. The number of hydrogen-bond acceptors (Lipinski definition) is 2. The molecule has 1 aromatic carbocycles. The molecule has 0 aliphatic rings. The average molecular weight is 157 g/mol. The SMILES string of the molecule is N#Cc1ccc2c(N)c[nH]c2c1. The number of hydrogen-bond donors (Lipinski definition) is 2. The number of aromatic amines is 1. The lowest BCUT2D eigenvalue weighted by atomic mass is 10.2. The molecule has 0 spiro atoms. The van der Waals surface area contributed by atoms with Gasteiger partial charge in [-0.15, -0.1) is 0 Å². The third-order valence-electron chi connectivity index (χ3n) is 1.84. The van der Waals surface area contributed by atoms with Gasteiger partial charge >= 0.3 is 0 Å². The van der Waals surface area contributed by atoms with Crippen LogP contribution < -0.4 is 5.73 Å². The third-order valence-corrected chi connectivity index (χ3v) is 1.84. The van der Waals surface area contributed by atoms with E-state index in [1.807, 2.05) is 6.07 Å². The Kier molecular flexibility index (Phi) is 1.28. The molecule has 0 bridgehead atoms. The molecule has 0 aliphatic carbocycles. The standard InChI is InChI=1S/C9H7N3/c10-4-6-1-2-7-8(11)5-12-9(7)3-6/h1-3,5,12H,11H2. The van der Waals surface area contributed by atoms with Crippen molar-refractivity contribution in [1.29, 1.82) is 5.26 Å². The zero-order valence-electron chi connectivity index (χ0n) is 6.33. The van der Waals surface area contributed by atoms with Crippen LogP contribution in [0.1, 0.15) is 5.56 Å². The van der Waals surface area contributed by atoms with E-state index in [4.69, 9.17) is 11.0 Å². The molecule has 0 atom stereocenters. The number of nitrogens with one attached hydrogen (secondary N) is 1. The number of fused-ring (bicyclic) bond motifs is 1. The fourth-order valence-corrected chi connectivity index (χ4v) is 1.22. The van der Waals surface area contributed by atoms with Crippen LogP contribution in [0.15, 0.2) is 24.4 Å². The number of rotatable bonds is 0. The van der Waals surface area contributed by atoms with E-state index >= 15 is 0 Å². The van der Waals surface area contributed by atoms with Crippen molar-refractivity contribution in [3.05, 3.63) is 30.0 Å². The van der Waals surface area contributed by atoms with Crippen molar-refractivity contribution in [3.8, 4) is 6.07 Å². The van der Waals surface area contributed by atoms with Gasteiger partial charge in [0.25, 0.3) is 0 Å². The number of H-pyrrole nitrogens is 1. The van der Waals surface area contributed by atoms with E-state index < -0.39 is 0 Å². The first kappa shape index (κ1) is 6.74. The maximum Gasteiger partial charge on any atom is 0.0992 e. The Hall–Kier alpha value is -1.95. The number of nitrogens with two attached hydrogens (primary N) is 1. The molecule has 3 nitrogen and oxygen atoms in total. The molecule has 0 radical (unpaired) electrons. The Morgan fingerprint density at radius 2 is 2.25 bits per heavy atom. The first-order chi connectivity index (χ1) is 5.81. The largest absolute Gasteiger partial charge is 0.397 e. The predicted molar refractivity (Wildman–Crippen MR) is 47.4 cm³/mol. The van der Waals surface area contributed by atoms with E-state index in [0.717, 1.165) is 16.6 Å². The lowest BCUT2D eigenvalue weighted by Gasteiger charge is -1.90. The van der Waals surface area contributed by atoms with Gasteiger partial charge in [-0.05, 0) is 18.2 Å². The number of anilines is 1. The fraction of sp³-hybridized carbons (Fsp3) is 0. The highest BCUT2D eigenvalue weighted by Gasteiger charge is 1.99. The van der Waals surface area contributed by atoms with E-state index in [9.17, 15) is 0 Å². The summed E-state index contributed by atoms with van der Waals surface area (Å²) in [5.74, 6) is 0. The minimum atomic E-state index is 0.643. The quantitative estimate of drug-likeness (QED) is 0.610. The number of nitrogen functional groups attached to an aromatic ring is 1. The van der Waals surface area contributed by atoms with Crippen molar-refractivity contribution in [3.63, 3.8) is 0 Å². The molecule has 0 saturated heterocycles. The molecule has 2 aromatic rings. The topological polar surface area (TPSA) is 65.6 Å². The lowest BCUT2D eigenvalue weighted by molar-refractivity contribution is 1.46. The lowest BCUT2D eigenvalue weighted by Crippen LogP contribution is -1.80. The van der Waals surface area contributed by atoms with Crippen LogP contribution in [-0.2, 0) is 0 Å². The van der Waals surface area contributed by atoms with Gasteiger partial charge in [-0.2, -0.15) is 5.26 Å².